The average molecular weight is 195 g/mol. The molecule has 1 rings (SSSR count). The van der Waals surface area contributed by atoms with Gasteiger partial charge >= 0.3 is 6.18 Å². The zero-order valence-corrected chi connectivity index (χ0v) is 8.12. The van der Waals surface area contributed by atoms with Gasteiger partial charge in [0.05, 0.1) is 6.54 Å². The SMILES string of the molecule is CCC1(C)CCN(CC(F)(F)F)C1. The molecule has 0 radical (unpaired) electrons. The van der Waals surface area contributed by atoms with Crippen molar-refractivity contribution >= 4 is 0 Å². The van der Waals surface area contributed by atoms with Crippen molar-refractivity contribution in [2.45, 2.75) is 32.9 Å². The lowest BCUT2D eigenvalue weighted by Crippen LogP contribution is -2.33. The Balaban J connectivity index is 2.42. The summed E-state index contributed by atoms with van der Waals surface area (Å²) in [5.74, 6) is 0. The van der Waals surface area contributed by atoms with Crippen LogP contribution in [0.1, 0.15) is 26.7 Å². The smallest absolute Gasteiger partial charge is 0.294 e. The molecule has 0 aliphatic carbocycles. The van der Waals surface area contributed by atoms with Gasteiger partial charge in [0.2, 0.25) is 0 Å². The van der Waals surface area contributed by atoms with Crippen molar-refractivity contribution in [3.63, 3.8) is 0 Å². The van der Waals surface area contributed by atoms with Gasteiger partial charge in [0, 0.05) is 6.54 Å². The van der Waals surface area contributed by atoms with Crippen LogP contribution in [0.5, 0.6) is 0 Å². The second-order valence-electron chi connectivity index (χ2n) is 4.24. The number of alkyl halides is 3. The van der Waals surface area contributed by atoms with E-state index in [1.807, 2.05) is 6.92 Å². The molecule has 0 aromatic rings. The predicted molar refractivity (Wildman–Crippen MR) is 45.5 cm³/mol. The van der Waals surface area contributed by atoms with Crippen molar-refractivity contribution in [2.75, 3.05) is 19.6 Å². The van der Waals surface area contributed by atoms with E-state index in [4.69, 9.17) is 0 Å². The molecule has 0 N–H and O–H groups in total. The van der Waals surface area contributed by atoms with Gasteiger partial charge in [0.25, 0.3) is 0 Å². The quantitative estimate of drug-likeness (QED) is 0.654. The average Bonchev–Trinajstić information content (AvgIpc) is 2.30. The molecule has 0 aromatic heterocycles. The topological polar surface area (TPSA) is 3.24 Å². The van der Waals surface area contributed by atoms with Gasteiger partial charge in [-0.2, -0.15) is 13.2 Å². The summed E-state index contributed by atoms with van der Waals surface area (Å²) in [5, 5.41) is 0. The molecule has 1 atom stereocenters. The Kier molecular flexibility index (Phi) is 2.90. The van der Waals surface area contributed by atoms with E-state index in [0.29, 0.717) is 13.1 Å². The molecule has 0 spiro atoms. The second kappa shape index (κ2) is 3.48. The van der Waals surface area contributed by atoms with Crippen LogP contribution in [0.25, 0.3) is 0 Å². The number of halogens is 3. The number of likely N-dealkylation sites (tertiary alicyclic amines) is 1. The monoisotopic (exact) mass is 195 g/mol. The third-order valence-corrected chi connectivity index (χ3v) is 2.89. The van der Waals surface area contributed by atoms with E-state index in [2.05, 4.69) is 6.92 Å². The molecule has 0 amide bonds. The lowest BCUT2D eigenvalue weighted by molar-refractivity contribution is -0.144. The second-order valence-corrected chi connectivity index (χ2v) is 4.24. The zero-order valence-electron chi connectivity index (χ0n) is 8.12. The van der Waals surface area contributed by atoms with Crippen LogP contribution < -0.4 is 0 Å². The van der Waals surface area contributed by atoms with Crippen molar-refractivity contribution in [3.05, 3.63) is 0 Å². The van der Waals surface area contributed by atoms with E-state index in [1.165, 1.54) is 4.90 Å². The van der Waals surface area contributed by atoms with Gasteiger partial charge in [-0.15, -0.1) is 0 Å². The van der Waals surface area contributed by atoms with Gasteiger partial charge in [-0.1, -0.05) is 13.8 Å². The number of rotatable bonds is 2. The van der Waals surface area contributed by atoms with Crippen LogP contribution in [-0.4, -0.2) is 30.7 Å². The van der Waals surface area contributed by atoms with Crippen LogP contribution in [0.3, 0.4) is 0 Å². The van der Waals surface area contributed by atoms with Gasteiger partial charge in [0.1, 0.15) is 0 Å². The van der Waals surface area contributed by atoms with E-state index >= 15 is 0 Å². The van der Waals surface area contributed by atoms with Crippen molar-refractivity contribution in [3.8, 4) is 0 Å². The van der Waals surface area contributed by atoms with E-state index in [9.17, 15) is 13.2 Å². The minimum absolute atomic E-state index is 0.102. The summed E-state index contributed by atoms with van der Waals surface area (Å²) in [5.41, 5.74) is 0.102. The third kappa shape index (κ3) is 3.18. The van der Waals surface area contributed by atoms with Crippen LogP contribution in [0, 0.1) is 5.41 Å². The van der Waals surface area contributed by atoms with Crippen LogP contribution in [0.4, 0.5) is 13.2 Å². The van der Waals surface area contributed by atoms with E-state index in [0.717, 1.165) is 12.8 Å². The summed E-state index contributed by atoms with van der Waals surface area (Å²) in [6, 6.07) is 0. The summed E-state index contributed by atoms with van der Waals surface area (Å²) in [4.78, 5) is 1.50. The molecule has 13 heavy (non-hydrogen) atoms. The predicted octanol–water partition coefficient (Wildman–Crippen LogP) is 2.67. The Bertz CT molecular complexity index is 178. The molecule has 1 unspecified atom stereocenters. The zero-order chi connectivity index (χ0) is 10.1. The van der Waals surface area contributed by atoms with E-state index < -0.39 is 12.7 Å². The molecule has 1 aliphatic heterocycles. The maximum atomic E-state index is 12.0. The molecule has 1 fully saturated rings. The molecule has 4 heteroatoms. The number of hydrogen-bond donors (Lipinski definition) is 0. The Labute approximate surface area is 76.9 Å². The van der Waals surface area contributed by atoms with Gasteiger partial charge in [-0.25, -0.2) is 0 Å². The maximum Gasteiger partial charge on any atom is 0.401 e. The molecule has 1 saturated heterocycles. The lowest BCUT2D eigenvalue weighted by Gasteiger charge is -2.23. The molecule has 1 nitrogen and oxygen atoms in total. The highest BCUT2D eigenvalue weighted by Crippen LogP contribution is 2.34. The van der Waals surface area contributed by atoms with Crippen molar-refractivity contribution in [1.29, 1.82) is 0 Å². The van der Waals surface area contributed by atoms with Gasteiger partial charge in [-0.3, -0.25) is 4.90 Å². The van der Waals surface area contributed by atoms with Crippen molar-refractivity contribution in [2.24, 2.45) is 5.41 Å². The summed E-state index contributed by atoms with van der Waals surface area (Å²) >= 11 is 0. The fourth-order valence-corrected chi connectivity index (χ4v) is 1.80. The molecule has 1 heterocycles. The largest absolute Gasteiger partial charge is 0.401 e. The minimum atomic E-state index is -4.04. The summed E-state index contributed by atoms with van der Waals surface area (Å²) in [6.07, 6.45) is -2.19. The van der Waals surface area contributed by atoms with E-state index in [-0.39, 0.29) is 5.41 Å². The van der Waals surface area contributed by atoms with Crippen LogP contribution in [0.2, 0.25) is 0 Å². The molecule has 78 valence electrons. The minimum Gasteiger partial charge on any atom is -0.294 e. The molecule has 1 aliphatic rings. The molecule has 0 bridgehead atoms. The summed E-state index contributed by atoms with van der Waals surface area (Å²) in [6.45, 7) is 4.52. The van der Waals surface area contributed by atoms with Gasteiger partial charge in [0.15, 0.2) is 0 Å². The highest BCUT2D eigenvalue weighted by Gasteiger charge is 2.38. The van der Waals surface area contributed by atoms with Crippen LogP contribution in [0.15, 0.2) is 0 Å². The maximum absolute atomic E-state index is 12.0. The normalized spacial score (nSPS) is 31.2. The highest BCUT2D eigenvalue weighted by molar-refractivity contribution is 4.85. The number of nitrogens with zero attached hydrogens (tertiary/aromatic N) is 1. The first-order chi connectivity index (χ1) is 5.85. The van der Waals surface area contributed by atoms with Crippen molar-refractivity contribution < 1.29 is 13.2 Å². The van der Waals surface area contributed by atoms with Crippen molar-refractivity contribution in [1.82, 2.24) is 4.90 Å². The Morgan fingerprint density at radius 1 is 1.38 bits per heavy atom. The highest BCUT2D eigenvalue weighted by atomic mass is 19.4. The Morgan fingerprint density at radius 2 is 2.00 bits per heavy atom. The van der Waals surface area contributed by atoms with Gasteiger partial charge in [-0.05, 0) is 24.8 Å². The summed E-state index contributed by atoms with van der Waals surface area (Å²) in [7, 11) is 0. The molecular formula is C9H16F3N. The molecular weight excluding hydrogens is 179 g/mol. The van der Waals surface area contributed by atoms with Crippen LogP contribution in [-0.2, 0) is 0 Å². The van der Waals surface area contributed by atoms with E-state index in [1.54, 1.807) is 0 Å². The van der Waals surface area contributed by atoms with Gasteiger partial charge < -0.3 is 0 Å². The fraction of sp³-hybridized carbons (Fsp3) is 1.00. The first-order valence-electron chi connectivity index (χ1n) is 4.64. The van der Waals surface area contributed by atoms with Crippen LogP contribution >= 0.6 is 0 Å². The molecule has 0 saturated carbocycles. The Morgan fingerprint density at radius 3 is 2.38 bits per heavy atom. The lowest BCUT2D eigenvalue weighted by atomic mass is 9.87. The molecule has 0 aromatic carbocycles. The number of hydrogen-bond acceptors (Lipinski definition) is 1. The Hall–Kier alpha value is -0.250. The first kappa shape index (κ1) is 10.8. The fourth-order valence-electron chi connectivity index (χ4n) is 1.80. The first-order valence-corrected chi connectivity index (χ1v) is 4.64. The third-order valence-electron chi connectivity index (χ3n) is 2.89. The standard InChI is InChI=1S/C9H16F3N/c1-3-8(2)4-5-13(6-8)7-9(10,11)12/h3-7H2,1-2H3. The summed E-state index contributed by atoms with van der Waals surface area (Å²) < 4.78 is 36.1.